The third-order valence-electron chi connectivity index (χ3n) is 5.50. The fourth-order valence-corrected chi connectivity index (χ4v) is 4.73. The van der Waals surface area contributed by atoms with Crippen LogP contribution in [0.15, 0.2) is 61.1 Å². The first-order valence-corrected chi connectivity index (χ1v) is 13.4. The second-order valence-electron chi connectivity index (χ2n) is 11.1. The second kappa shape index (κ2) is 10.2. The predicted molar refractivity (Wildman–Crippen MR) is 153 cm³/mol. The van der Waals surface area contributed by atoms with Crippen LogP contribution in [-0.2, 0) is 9.47 Å². The number of aromatic amines is 1. The molecule has 0 radical (unpaired) electrons. The molecule has 0 aliphatic rings. The molecule has 0 fully saturated rings. The Morgan fingerprint density at radius 1 is 0.900 bits per heavy atom. The van der Waals surface area contributed by atoms with Crippen LogP contribution in [0.4, 0.5) is 20.4 Å². The third kappa shape index (κ3) is 5.86. The number of aromatic nitrogens is 6. The van der Waals surface area contributed by atoms with Gasteiger partial charge in [-0.1, -0.05) is 29.5 Å². The van der Waals surface area contributed by atoms with Gasteiger partial charge in [0.1, 0.15) is 16.2 Å². The average molecular weight is 560 g/mol. The van der Waals surface area contributed by atoms with Gasteiger partial charge >= 0.3 is 12.2 Å². The summed E-state index contributed by atoms with van der Waals surface area (Å²) in [6.45, 7) is 10.8. The summed E-state index contributed by atoms with van der Waals surface area (Å²) >= 11 is 1.26. The van der Waals surface area contributed by atoms with Gasteiger partial charge in [0, 0.05) is 22.7 Å². The van der Waals surface area contributed by atoms with Crippen molar-refractivity contribution >= 4 is 45.2 Å². The number of nitrogens with one attached hydrogen (secondary N) is 1. The molecule has 3 aromatic heterocycles. The Kier molecular flexibility index (Phi) is 6.88. The molecule has 3 heterocycles. The molecule has 0 saturated carbocycles. The highest BCUT2D eigenvalue weighted by Gasteiger charge is 2.29. The van der Waals surface area contributed by atoms with E-state index in [0.29, 0.717) is 26.7 Å². The monoisotopic (exact) mass is 559 g/mol. The van der Waals surface area contributed by atoms with Gasteiger partial charge in [0.25, 0.3) is 0 Å². The molecule has 206 valence electrons. The van der Waals surface area contributed by atoms with E-state index >= 15 is 0 Å². The molecule has 0 aliphatic heterocycles. The van der Waals surface area contributed by atoms with Gasteiger partial charge in [-0.25, -0.2) is 14.5 Å². The van der Waals surface area contributed by atoms with Gasteiger partial charge in [-0.15, -0.1) is 10.2 Å². The van der Waals surface area contributed by atoms with Gasteiger partial charge < -0.3 is 9.47 Å². The van der Waals surface area contributed by atoms with Crippen LogP contribution in [0.1, 0.15) is 41.5 Å². The number of nitrogens with zero attached hydrogens (tertiary/aromatic N) is 6. The van der Waals surface area contributed by atoms with Crippen LogP contribution in [0.3, 0.4) is 0 Å². The molecule has 1 amide bonds. The summed E-state index contributed by atoms with van der Waals surface area (Å²) in [5.74, 6) is 0. The van der Waals surface area contributed by atoms with Crippen molar-refractivity contribution in [3.8, 4) is 21.7 Å². The Labute approximate surface area is 234 Å². The normalized spacial score (nSPS) is 11.9. The van der Waals surface area contributed by atoms with Crippen LogP contribution in [0.2, 0.25) is 0 Å². The van der Waals surface area contributed by atoms with E-state index in [-0.39, 0.29) is 0 Å². The maximum atomic E-state index is 13.5. The first-order valence-electron chi connectivity index (χ1n) is 12.6. The first-order chi connectivity index (χ1) is 18.9. The summed E-state index contributed by atoms with van der Waals surface area (Å²) in [6.07, 6.45) is 3.90. The van der Waals surface area contributed by atoms with Gasteiger partial charge in [0.15, 0.2) is 0 Å². The number of hydrogen-bond donors (Lipinski definition) is 1. The quantitative estimate of drug-likeness (QED) is 0.255. The molecule has 12 heteroatoms. The lowest BCUT2D eigenvalue weighted by molar-refractivity contribution is 0.0521. The molecule has 5 rings (SSSR count). The largest absolute Gasteiger partial charge is 0.443 e. The lowest BCUT2D eigenvalue weighted by Gasteiger charge is -2.25. The highest BCUT2D eigenvalue weighted by Crippen LogP contribution is 2.36. The van der Waals surface area contributed by atoms with Crippen molar-refractivity contribution < 1.29 is 19.1 Å². The van der Waals surface area contributed by atoms with Crippen molar-refractivity contribution in [3.05, 3.63) is 61.1 Å². The number of carbonyl (C=O) groups is 2. The van der Waals surface area contributed by atoms with E-state index in [1.165, 1.54) is 20.9 Å². The van der Waals surface area contributed by atoms with Gasteiger partial charge in [0.2, 0.25) is 5.13 Å². The number of H-pyrrole nitrogens is 1. The fourth-order valence-electron chi connectivity index (χ4n) is 3.87. The predicted octanol–water partition coefficient (Wildman–Crippen LogP) is 6.80. The van der Waals surface area contributed by atoms with E-state index in [2.05, 4.69) is 25.5 Å². The Balaban J connectivity index is 1.52. The van der Waals surface area contributed by atoms with E-state index in [9.17, 15) is 9.59 Å². The van der Waals surface area contributed by atoms with Gasteiger partial charge in [0.05, 0.1) is 23.6 Å². The summed E-state index contributed by atoms with van der Waals surface area (Å²) in [5, 5.41) is 21.4. The Hall–Kier alpha value is -4.58. The van der Waals surface area contributed by atoms with Crippen LogP contribution in [0.25, 0.3) is 32.6 Å². The molecular weight excluding hydrogens is 530 g/mol. The number of benzene rings is 2. The summed E-state index contributed by atoms with van der Waals surface area (Å²) < 4.78 is 12.4. The minimum Gasteiger partial charge on any atom is -0.443 e. The summed E-state index contributed by atoms with van der Waals surface area (Å²) in [6, 6.07) is 13.0. The molecule has 40 heavy (non-hydrogen) atoms. The molecule has 5 aromatic rings. The number of fused-ring (bicyclic) bond motifs is 1. The molecule has 0 atom stereocenters. The van der Waals surface area contributed by atoms with E-state index < -0.39 is 23.4 Å². The first kappa shape index (κ1) is 27.0. The maximum absolute atomic E-state index is 13.5. The van der Waals surface area contributed by atoms with Gasteiger partial charge in [-0.05, 0) is 71.4 Å². The Morgan fingerprint density at radius 3 is 2.35 bits per heavy atom. The number of carbonyl (C=O) groups excluding carboxylic acids is 2. The third-order valence-corrected chi connectivity index (χ3v) is 6.46. The molecule has 11 nitrogen and oxygen atoms in total. The summed E-state index contributed by atoms with van der Waals surface area (Å²) in [7, 11) is 0. The zero-order valence-corrected chi connectivity index (χ0v) is 23.8. The van der Waals surface area contributed by atoms with E-state index in [4.69, 9.17) is 9.47 Å². The molecule has 0 unspecified atom stereocenters. The average Bonchev–Trinajstić information content (AvgIpc) is 3.63. The Bertz CT molecular complexity index is 1680. The molecule has 0 bridgehead atoms. The van der Waals surface area contributed by atoms with Crippen LogP contribution >= 0.6 is 11.3 Å². The second-order valence-corrected chi connectivity index (χ2v) is 12.0. The van der Waals surface area contributed by atoms with E-state index in [1.54, 1.807) is 72.1 Å². The minimum absolute atomic E-state index is 0.330. The highest BCUT2D eigenvalue weighted by molar-refractivity contribution is 7.18. The van der Waals surface area contributed by atoms with Crippen molar-refractivity contribution in [2.24, 2.45) is 0 Å². The number of rotatable bonds is 4. The van der Waals surface area contributed by atoms with Crippen molar-refractivity contribution in [2.45, 2.75) is 52.7 Å². The zero-order valence-electron chi connectivity index (χ0n) is 23.0. The van der Waals surface area contributed by atoms with E-state index in [1.807, 2.05) is 30.5 Å². The maximum Gasteiger partial charge on any atom is 0.435 e. The van der Waals surface area contributed by atoms with Gasteiger partial charge in [-0.2, -0.15) is 14.9 Å². The fraction of sp³-hybridized carbons (Fsp3) is 0.286. The van der Waals surface area contributed by atoms with Crippen LogP contribution in [0.5, 0.6) is 0 Å². The van der Waals surface area contributed by atoms with Crippen molar-refractivity contribution in [3.63, 3.8) is 0 Å². The van der Waals surface area contributed by atoms with Crippen LogP contribution in [0, 0.1) is 0 Å². The topological polar surface area (TPSA) is 128 Å². The van der Waals surface area contributed by atoms with Gasteiger partial charge in [-0.3, -0.25) is 5.10 Å². The smallest absolute Gasteiger partial charge is 0.435 e. The van der Waals surface area contributed by atoms with Crippen molar-refractivity contribution in [1.82, 2.24) is 30.2 Å². The molecule has 0 saturated heterocycles. The standard InChI is InChI=1S/C28H29N7O4S/c1-27(2,3)38-25(36)34(21-10-11-22-19(13-21)16-31-35(22)26(37)39-28(4,5)6)24-33-32-23(40-24)18-9-7-8-17(12-18)20-14-29-30-15-20/h7-16H,1-6H3,(H,29,30). The lowest BCUT2D eigenvalue weighted by Crippen LogP contribution is -2.33. The summed E-state index contributed by atoms with van der Waals surface area (Å²) in [5.41, 5.74) is 2.38. The van der Waals surface area contributed by atoms with Crippen molar-refractivity contribution in [2.75, 3.05) is 4.90 Å². The number of hydrogen-bond acceptors (Lipinski definition) is 9. The van der Waals surface area contributed by atoms with E-state index in [0.717, 1.165) is 16.7 Å². The zero-order chi connectivity index (χ0) is 28.7. The molecule has 1 N–H and O–H groups in total. The summed E-state index contributed by atoms with van der Waals surface area (Å²) in [4.78, 5) is 27.5. The number of anilines is 2. The highest BCUT2D eigenvalue weighted by atomic mass is 32.1. The molecule has 0 spiro atoms. The van der Waals surface area contributed by atoms with Crippen LogP contribution < -0.4 is 4.90 Å². The number of amides is 1. The SMILES string of the molecule is CC(C)(C)OC(=O)N(c1ccc2c(cnn2C(=O)OC(C)(C)C)c1)c1nnc(-c2cccc(-c3cn[nH]c3)c2)s1. The van der Waals surface area contributed by atoms with Crippen LogP contribution in [-0.4, -0.2) is 53.6 Å². The molecular formula is C28H29N7O4S. The molecule has 0 aliphatic carbocycles. The van der Waals surface area contributed by atoms with Crippen molar-refractivity contribution in [1.29, 1.82) is 0 Å². The Morgan fingerprint density at radius 2 is 1.65 bits per heavy atom. The number of ether oxygens (including phenoxy) is 2. The minimum atomic E-state index is -0.743. The lowest BCUT2D eigenvalue weighted by atomic mass is 10.1. The molecule has 2 aromatic carbocycles.